The van der Waals surface area contributed by atoms with Crippen LogP contribution in [0.5, 0.6) is 0 Å². The lowest BCUT2D eigenvalue weighted by Crippen LogP contribution is -2.63. The zero-order valence-electron chi connectivity index (χ0n) is 12.1. The van der Waals surface area contributed by atoms with Crippen molar-refractivity contribution in [1.29, 1.82) is 0 Å². The number of aliphatic hydroxyl groups is 2. The van der Waals surface area contributed by atoms with Crippen LogP contribution in [-0.2, 0) is 4.79 Å². The van der Waals surface area contributed by atoms with E-state index in [1.165, 1.54) is 20.8 Å². The van der Waals surface area contributed by atoms with Gasteiger partial charge in [-0.05, 0) is 31.1 Å². The van der Waals surface area contributed by atoms with Crippen LogP contribution in [0.25, 0.3) is 0 Å². The van der Waals surface area contributed by atoms with Crippen molar-refractivity contribution < 1.29 is 28.2 Å². The van der Waals surface area contributed by atoms with Gasteiger partial charge in [0.1, 0.15) is 6.29 Å². The van der Waals surface area contributed by atoms with Gasteiger partial charge in [-0.2, -0.15) is 13.2 Å². The van der Waals surface area contributed by atoms with E-state index in [0.717, 1.165) is 25.7 Å². The van der Waals surface area contributed by atoms with Gasteiger partial charge >= 0.3 is 6.18 Å². The topological polar surface area (TPSA) is 83.6 Å². The number of rotatable bonds is 1. The van der Waals surface area contributed by atoms with Gasteiger partial charge in [0.15, 0.2) is 5.54 Å². The van der Waals surface area contributed by atoms with E-state index in [4.69, 9.17) is 15.9 Å². The Morgan fingerprint density at radius 1 is 1.00 bits per heavy atom. The molecule has 120 valence electrons. The molecule has 4 nitrogen and oxygen atoms in total. The van der Waals surface area contributed by atoms with Crippen LogP contribution in [0.2, 0.25) is 0 Å². The molecule has 7 heteroatoms. The molecule has 0 aromatic heterocycles. The fourth-order valence-electron chi connectivity index (χ4n) is 1.73. The van der Waals surface area contributed by atoms with E-state index >= 15 is 0 Å². The lowest BCUT2D eigenvalue weighted by atomic mass is 9.75. The summed E-state index contributed by atoms with van der Waals surface area (Å²) in [7, 11) is 0. The molecule has 0 aromatic rings. The third kappa shape index (κ3) is 5.03. The maximum absolute atomic E-state index is 12.2. The Bertz CT molecular complexity index is 281. The predicted octanol–water partition coefficient (Wildman–Crippen LogP) is 1.77. The van der Waals surface area contributed by atoms with Crippen LogP contribution >= 0.6 is 0 Å². The minimum Gasteiger partial charge on any atom is -0.393 e. The summed E-state index contributed by atoms with van der Waals surface area (Å²) in [5, 5.41) is 17.8. The Hall–Kier alpha value is -0.660. The van der Waals surface area contributed by atoms with Gasteiger partial charge < -0.3 is 20.7 Å². The highest BCUT2D eigenvalue weighted by atomic mass is 19.4. The molecule has 0 heterocycles. The second kappa shape index (κ2) is 6.87. The van der Waals surface area contributed by atoms with Crippen LogP contribution in [0.15, 0.2) is 0 Å². The lowest BCUT2D eigenvalue weighted by Gasteiger charge is -2.37. The first-order valence-electron chi connectivity index (χ1n) is 6.53. The molecule has 1 rings (SSSR count). The molecule has 1 atom stereocenters. The van der Waals surface area contributed by atoms with Gasteiger partial charge in [-0.25, -0.2) is 0 Å². The third-order valence-corrected chi connectivity index (χ3v) is 3.56. The van der Waals surface area contributed by atoms with Crippen LogP contribution in [0.1, 0.15) is 46.5 Å². The number of alkyl halides is 3. The summed E-state index contributed by atoms with van der Waals surface area (Å²) in [6.07, 6.45) is -2.11. The van der Waals surface area contributed by atoms with Gasteiger partial charge in [0.05, 0.1) is 12.2 Å². The highest BCUT2D eigenvalue weighted by Gasteiger charge is 2.59. The third-order valence-electron chi connectivity index (χ3n) is 3.56. The Labute approximate surface area is 117 Å². The molecule has 4 N–H and O–H groups in total. The standard InChI is InChI=1S/C7H12F3NO.C6H12O2/c1-5(2,3)6(11,4-12)7(8,9)10;7-5-1-2-6(8)4-3-5/h4H,11H2,1-3H3;5-8H,1-4H2. The van der Waals surface area contributed by atoms with Crippen molar-refractivity contribution >= 4 is 6.29 Å². The molecule has 1 unspecified atom stereocenters. The molecule has 1 aliphatic rings. The van der Waals surface area contributed by atoms with Crippen LogP contribution in [-0.4, -0.2) is 40.4 Å². The largest absolute Gasteiger partial charge is 0.413 e. The zero-order chi connectivity index (χ0) is 16.2. The van der Waals surface area contributed by atoms with Gasteiger partial charge in [-0.3, -0.25) is 0 Å². The SMILES string of the molecule is CC(C)(C)C(N)(C=O)C(F)(F)F.OC1CCC(O)CC1. The summed E-state index contributed by atoms with van der Waals surface area (Å²) in [5.41, 5.74) is 0.868. The van der Waals surface area contributed by atoms with Gasteiger partial charge in [-0.1, -0.05) is 20.8 Å². The molecule has 0 radical (unpaired) electrons. The molecular weight excluding hydrogens is 275 g/mol. The summed E-state index contributed by atoms with van der Waals surface area (Å²) < 4.78 is 36.7. The van der Waals surface area contributed by atoms with Crippen molar-refractivity contribution in [3.05, 3.63) is 0 Å². The van der Waals surface area contributed by atoms with E-state index in [0.29, 0.717) is 0 Å². The highest BCUT2D eigenvalue weighted by molar-refractivity contribution is 5.67. The summed E-state index contributed by atoms with van der Waals surface area (Å²) in [4.78, 5) is 10.3. The first-order valence-corrected chi connectivity index (χ1v) is 6.53. The monoisotopic (exact) mass is 299 g/mol. The minimum absolute atomic E-state index is 0.140. The Balaban J connectivity index is 0.000000388. The van der Waals surface area contributed by atoms with E-state index in [9.17, 15) is 18.0 Å². The second-order valence-electron chi connectivity index (χ2n) is 6.20. The summed E-state index contributed by atoms with van der Waals surface area (Å²) >= 11 is 0. The van der Waals surface area contributed by atoms with Crippen molar-refractivity contribution in [2.45, 2.75) is 70.4 Å². The number of halogens is 3. The van der Waals surface area contributed by atoms with Crippen molar-refractivity contribution in [3.8, 4) is 0 Å². The number of carbonyl (C=O) groups is 1. The molecule has 0 aromatic carbocycles. The Morgan fingerprint density at radius 2 is 1.30 bits per heavy atom. The first-order chi connectivity index (χ1) is 8.85. The second-order valence-corrected chi connectivity index (χ2v) is 6.20. The van der Waals surface area contributed by atoms with E-state index in [-0.39, 0.29) is 18.5 Å². The number of hydrogen-bond donors (Lipinski definition) is 3. The summed E-state index contributed by atoms with van der Waals surface area (Å²) in [5.74, 6) is 0. The summed E-state index contributed by atoms with van der Waals surface area (Å²) in [6, 6.07) is 0. The number of aliphatic hydroxyl groups excluding tert-OH is 2. The molecule has 0 aliphatic heterocycles. The highest BCUT2D eigenvalue weighted by Crippen LogP contribution is 2.39. The first kappa shape index (κ1) is 19.3. The van der Waals surface area contributed by atoms with Gasteiger partial charge in [0.25, 0.3) is 0 Å². The molecule has 1 fully saturated rings. The molecule has 0 bridgehead atoms. The molecular formula is C13H24F3NO3. The quantitative estimate of drug-likeness (QED) is 0.644. The Morgan fingerprint density at radius 3 is 1.40 bits per heavy atom. The average molecular weight is 299 g/mol. The van der Waals surface area contributed by atoms with Crippen molar-refractivity contribution in [2.24, 2.45) is 11.1 Å². The van der Waals surface area contributed by atoms with E-state index in [2.05, 4.69) is 0 Å². The maximum Gasteiger partial charge on any atom is 0.413 e. The normalized spacial score (nSPS) is 27.1. The predicted molar refractivity (Wildman–Crippen MR) is 69.0 cm³/mol. The van der Waals surface area contributed by atoms with Gasteiger partial charge in [0, 0.05) is 0 Å². The molecule has 0 amide bonds. The fourth-order valence-corrected chi connectivity index (χ4v) is 1.73. The molecule has 1 saturated carbocycles. The number of hydrogen-bond acceptors (Lipinski definition) is 4. The molecule has 1 aliphatic carbocycles. The number of nitrogens with two attached hydrogens (primary N) is 1. The van der Waals surface area contributed by atoms with Crippen LogP contribution in [0.4, 0.5) is 13.2 Å². The molecule has 20 heavy (non-hydrogen) atoms. The number of aldehydes is 1. The lowest BCUT2D eigenvalue weighted by molar-refractivity contribution is -0.205. The average Bonchev–Trinajstić information content (AvgIpc) is 2.30. The molecule has 0 spiro atoms. The smallest absolute Gasteiger partial charge is 0.393 e. The molecule has 0 saturated heterocycles. The van der Waals surface area contributed by atoms with E-state index in [1.807, 2.05) is 0 Å². The van der Waals surface area contributed by atoms with Gasteiger partial charge in [0.2, 0.25) is 0 Å². The number of carbonyl (C=O) groups excluding carboxylic acids is 1. The fraction of sp³-hybridized carbons (Fsp3) is 0.923. The van der Waals surface area contributed by atoms with E-state index in [1.54, 1.807) is 0 Å². The Kier molecular flexibility index (Phi) is 6.64. The minimum atomic E-state index is -4.70. The van der Waals surface area contributed by atoms with Crippen LogP contribution in [0.3, 0.4) is 0 Å². The maximum atomic E-state index is 12.2. The van der Waals surface area contributed by atoms with E-state index < -0.39 is 17.1 Å². The van der Waals surface area contributed by atoms with Crippen molar-refractivity contribution in [3.63, 3.8) is 0 Å². The van der Waals surface area contributed by atoms with Crippen molar-refractivity contribution in [2.75, 3.05) is 0 Å². The zero-order valence-corrected chi connectivity index (χ0v) is 12.1. The summed E-state index contributed by atoms with van der Waals surface area (Å²) in [6.45, 7) is 3.82. The van der Waals surface area contributed by atoms with Crippen molar-refractivity contribution in [1.82, 2.24) is 0 Å². The van der Waals surface area contributed by atoms with Crippen LogP contribution < -0.4 is 5.73 Å². The van der Waals surface area contributed by atoms with Crippen LogP contribution in [0, 0.1) is 5.41 Å². The van der Waals surface area contributed by atoms with Gasteiger partial charge in [-0.15, -0.1) is 0 Å².